The lowest BCUT2D eigenvalue weighted by atomic mass is 9.93. The standard InChI is InChI=1S/C22H29N3/c1-17-7-10-20(11-8-17)25-15-13-24(14-16-25)18(2)21-12-9-19-5-3-4-6-22(19)23-21/h3-8,10-11,18,21,23H,9,12-16H2,1-2H3. The van der Waals surface area contributed by atoms with Crippen molar-refractivity contribution < 1.29 is 0 Å². The molecule has 2 aliphatic heterocycles. The first kappa shape index (κ1) is 16.5. The number of hydrogen-bond donors (Lipinski definition) is 1. The maximum atomic E-state index is 3.79. The van der Waals surface area contributed by atoms with Crippen molar-refractivity contribution in [3.63, 3.8) is 0 Å². The Hall–Kier alpha value is -2.00. The molecule has 0 saturated carbocycles. The van der Waals surface area contributed by atoms with Crippen molar-refractivity contribution >= 4 is 11.4 Å². The summed E-state index contributed by atoms with van der Waals surface area (Å²) >= 11 is 0. The van der Waals surface area contributed by atoms with Crippen molar-refractivity contribution in [1.82, 2.24) is 4.90 Å². The number of nitrogens with zero attached hydrogens (tertiary/aromatic N) is 2. The molecule has 4 rings (SSSR count). The Morgan fingerprint density at radius 2 is 1.68 bits per heavy atom. The van der Waals surface area contributed by atoms with Crippen LogP contribution in [0.5, 0.6) is 0 Å². The summed E-state index contributed by atoms with van der Waals surface area (Å²) in [7, 11) is 0. The van der Waals surface area contributed by atoms with Gasteiger partial charge in [0.05, 0.1) is 0 Å². The van der Waals surface area contributed by atoms with E-state index in [1.165, 1.54) is 35.3 Å². The molecule has 132 valence electrons. The molecule has 1 fully saturated rings. The predicted molar refractivity (Wildman–Crippen MR) is 107 cm³/mol. The third-order valence-electron chi connectivity index (χ3n) is 5.95. The topological polar surface area (TPSA) is 18.5 Å². The van der Waals surface area contributed by atoms with E-state index in [2.05, 4.69) is 77.5 Å². The molecule has 0 amide bonds. The first-order valence-electron chi connectivity index (χ1n) is 9.61. The van der Waals surface area contributed by atoms with Gasteiger partial charge in [-0.05, 0) is 50.5 Å². The van der Waals surface area contributed by atoms with Gasteiger partial charge >= 0.3 is 0 Å². The maximum Gasteiger partial charge on any atom is 0.0417 e. The average Bonchev–Trinajstić information content (AvgIpc) is 2.68. The Balaban J connectivity index is 1.35. The molecule has 2 aromatic carbocycles. The average molecular weight is 335 g/mol. The van der Waals surface area contributed by atoms with E-state index >= 15 is 0 Å². The van der Waals surface area contributed by atoms with Gasteiger partial charge in [-0.3, -0.25) is 4.90 Å². The summed E-state index contributed by atoms with van der Waals surface area (Å²) in [6, 6.07) is 18.8. The molecule has 2 aliphatic rings. The number of rotatable bonds is 3. The Morgan fingerprint density at radius 1 is 0.960 bits per heavy atom. The predicted octanol–water partition coefficient (Wildman–Crippen LogP) is 3.93. The van der Waals surface area contributed by atoms with Crippen molar-refractivity contribution in [2.45, 2.75) is 38.8 Å². The van der Waals surface area contributed by atoms with Crippen molar-refractivity contribution in [2.75, 3.05) is 36.4 Å². The normalized spacial score (nSPS) is 22.2. The van der Waals surface area contributed by atoms with Gasteiger partial charge in [-0.15, -0.1) is 0 Å². The lowest BCUT2D eigenvalue weighted by Crippen LogP contribution is -2.54. The fourth-order valence-electron chi connectivity index (χ4n) is 4.22. The van der Waals surface area contributed by atoms with Gasteiger partial charge in [-0.25, -0.2) is 0 Å². The number of piperazine rings is 1. The van der Waals surface area contributed by atoms with E-state index in [4.69, 9.17) is 0 Å². The Bertz CT molecular complexity index is 701. The zero-order valence-electron chi connectivity index (χ0n) is 15.4. The highest BCUT2D eigenvalue weighted by atomic mass is 15.3. The molecule has 2 atom stereocenters. The van der Waals surface area contributed by atoms with E-state index in [0.717, 1.165) is 26.2 Å². The first-order valence-corrected chi connectivity index (χ1v) is 9.61. The highest BCUT2D eigenvalue weighted by Crippen LogP contribution is 2.27. The van der Waals surface area contributed by atoms with Gasteiger partial charge in [0, 0.05) is 49.6 Å². The maximum absolute atomic E-state index is 3.79. The van der Waals surface area contributed by atoms with Crippen LogP contribution >= 0.6 is 0 Å². The molecular weight excluding hydrogens is 306 g/mol. The van der Waals surface area contributed by atoms with E-state index in [-0.39, 0.29) is 0 Å². The van der Waals surface area contributed by atoms with Crippen LogP contribution < -0.4 is 10.2 Å². The van der Waals surface area contributed by atoms with Crippen LogP contribution in [-0.2, 0) is 6.42 Å². The van der Waals surface area contributed by atoms with E-state index < -0.39 is 0 Å². The molecule has 2 unspecified atom stereocenters. The lowest BCUT2D eigenvalue weighted by molar-refractivity contribution is 0.175. The van der Waals surface area contributed by atoms with E-state index in [9.17, 15) is 0 Å². The van der Waals surface area contributed by atoms with Gasteiger partial charge in [0.25, 0.3) is 0 Å². The monoisotopic (exact) mass is 335 g/mol. The summed E-state index contributed by atoms with van der Waals surface area (Å²) in [6.45, 7) is 9.09. The number of nitrogens with one attached hydrogen (secondary N) is 1. The number of anilines is 2. The molecule has 0 spiro atoms. The summed E-state index contributed by atoms with van der Waals surface area (Å²) in [6.07, 6.45) is 2.43. The largest absolute Gasteiger partial charge is 0.381 e. The van der Waals surface area contributed by atoms with Crippen LogP contribution in [0.25, 0.3) is 0 Å². The molecule has 0 bridgehead atoms. The van der Waals surface area contributed by atoms with Gasteiger partial charge < -0.3 is 10.2 Å². The summed E-state index contributed by atoms with van der Waals surface area (Å²) < 4.78 is 0. The summed E-state index contributed by atoms with van der Waals surface area (Å²) in [5.74, 6) is 0. The molecule has 0 aromatic heterocycles. The molecule has 1 saturated heterocycles. The van der Waals surface area contributed by atoms with Crippen LogP contribution in [0.2, 0.25) is 0 Å². The highest BCUT2D eigenvalue weighted by molar-refractivity contribution is 5.54. The van der Waals surface area contributed by atoms with Crippen LogP contribution in [0.3, 0.4) is 0 Å². The highest BCUT2D eigenvalue weighted by Gasteiger charge is 2.29. The van der Waals surface area contributed by atoms with E-state index in [1.807, 2.05) is 0 Å². The molecule has 0 radical (unpaired) electrons. The van der Waals surface area contributed by atoms with Crippen molar-refractivity contribution in [2.24, 2.45) is 0 Å². The van der Waals surface area contributed by atoms with Crippen LogP contribution in [0.15, 0.2) is 48.5 Å². The molecule has 2 aromatic rings. The van der Waals surface area contributed by atoms with Gasteiger partial charge in [0.2, 0.25) is 0 Å². The number of hydrogen-bond acceptors (Lipinski definition) is 3. The second kappa shape index (κ2) is 7.09. The first-order chi connectivity index (χ1) is 12.2. The molecule has 3 heteroatoms. The van der Waals surface area contributed by atoms with E-state index in [1.54, 1.807) is 0 Å². The SMILES string of the molecule is Cc1ccc(N2CCN(C(C)C3CCc4ccccc4N3)CC2)cc1. The number of benzene rings is 2. The van der Waals surface area contributed by atoms with Crippen LogP contribution in [0.4, 0.5) is 11.4 Å². The summed E-state index contributed by atoms with van der Waals surface area (Å²) in [5, 5.41) is 3.79. The Kier molecular flexibility index (Phi) is 4.67. The molecule has 1 N–H and O–H groups in total. The molecule has 2 heterocycles. The fraction of sp³-hybridized carbons (Fsp3) is 0.455. The third-order valence-corrected chi connectivity index (χ3v) is 5.95. The molecule has 3 nitrogen and oxygen atoms in total. The Morgan fingerprint density at radius 3 is 2.44 bits per heavy atom. The number of aryl methyl sites for hydroxylation is 2. The van der Waals surface area contributed by atoms with Crippen molar-refractivity contribution in [1.29, 1.82) is 0 Å². The molecule has 0 aliphatic carbocycles. The van der Waals surface area contributed by atoms with Gasteiger partial charge in [-0.1, -0.05) is 35.9 Å². The summed E-state index contributed by atoms with van der Waals surface area (Å²) in [4.78, 5) is 5.18. The smallest absolute Gasteiger partial charge is 0.0417 e. The van der Waals surface area contributed by atoms with Gasteiger partial charge in [0.1, 0.15) is 0 Å². The second-order valence-corrected chi connectivity index (χ2v) is 7.55. The van der Waals surface area contributed by atoms with Crippen molar-refractivity contribution in [3.8, 4) is 0 Å². The van der Waals surface area contributed by atoms with Crippen LogP contribution in [0.1, 0.15) is 24.5 Å². The number of para-hydroxylation sites is 1. The minimum atomic E-state index is 0.556. The quantitative estimate of drug-likeness (QED) is 0.917. The third kappa shape index (κ3) is 3.52. The van der Waals surface area contributed by atoms with Crippen molar-refractivity contribution in [3.05, 3.63) is 59.7 Å². The Labute approximate surface area is 151 Å². The summed E-state index contributed by atoms with van der Waals surface area (Å²) in [5.41, 5.74) is 5.50. The zero-order chi connectivity index (χ0) is 17.2. The zero-order valence-corrected chi connectivity index (χ0v) is 15.4. The minimum absolute atomic E-state index is 0.556. The number of fused-ring (bicyclic) bond motifs is 1. The lowest BCUT2D eigenvalue weighted by Gasteiger charge is -2.43. The molecular formula is C22H29N3. The van der Waals surface area contributed by atoms with Crippen LogP contribution in [-0.4, -0.2) is 43.2 Å². The minimum Gasteiger partial charge on any atom is -0.381 e. The molecule has 25 heavy (non-hydrogen) atoms. The van der Waals surface area contributed by atoms with Gasteiger partial charge in [0.15, 0.2) is 0 Å². The van der Waals surface area contributed by atoms with E-state index in [0.29, 0.717) is 12.1 Å². The second-order valence-electron chi connectivity index (χ2n) is 7.55. The van der Waals surface area contributed by atoms with Gasteiger partial charge in [-0.2, -0.15) is 0 Å². The van der Waals surface area contributed by atoms with Crippen LogP contribution in [0, 0.1) is 6.92 Å². The fourth-order valence-corrected chi connectivity index (χ4v) is 4.22.